The molecule has 110 valence electrons. The fourth-order valence-corrected chi connectivity index (χ4v) is 2.89. The molecule has 1 amide bonds. The number of rotatable bonds is 3. The van der Waals surface area contributed by atoms with Crippen LogP contribution in [0.1, 0.15) is 13.3 Å². The van der Waals surface area contributed by atoms with Crippen molar-refractivity contribution in [3.8, 4) is 0 Å². The summed E-state index contributed by atoms with van der Waals surface area (Å²) in [5, 5.41) is 7.92. The average molecular weight is 298 g/mol. The van der Waals surface area contributed by atoms with Crippen molar-refractivity contribution in [3.63, 3.8) is 0 Å². The standard InChI is InChI=1S/C12H18N4O3S/c1-2-10-12(17)15-5-6-16(10)11-7-8(20(14,18)19)3-4-9(11)13/h3-4,7,10H,2,5-6,13H2,1H3,(H,15,17)(H2,14,18,19). The second-order valence-electron chi connectivity index (χ2n) is 4.67. The van der Waals surface area contributed by atoms with Crippen molar-refractivity contribution in [2.24, 2.45) is 5.14 Å². The van der Waals surface area contributed by atoms with E-state index in [0.717, 1.165) is 0 Å². The average Bonchev–Trinajstić information content (AvgIpc) is 2.37. The summed E-state index contributed by atoms with van der Waals surface area (Å²) in [6.07, 6.45) is 0.602. The SMILES string of the molecule is CCC1C(=O)NCCN1c1cc(S(N)(=O)=O)ccc1N. The molecule has 0 saturated carbocycles. The van der Waals surface area contributed by atoms with Gasteiger partial charge in [-0.2, -0.15) is 0 Å². The van der Waals surface area contributed by atoms with E-state index in [-0.39, 0.29) is 16.8 Å². The lowest BCUT2D eigenvalue weighted by molar-refractivity contribution is -0.123. The zero-order chi connectivity index (χ0) is 14.9. The number of nitrogen functional groups attached to an aromatic ring is 1. The van der Waals surface area contributed by atoms with Crippen molar-refractivity contribution >= 4 is 27.3 Å². The third-order valence-corrected chi connectivity index (χ3v) is 4.27. The first kappa shape index (κ1) is 14.6. The fourth-order valence-electron chi connectivity index (χ4n) is 2.36. The Labute approximate surface area is 118 Å². The Bertz CT molecular complexity index is 630. The van der Waals surface area contributed by atoms with Crippen LogP contribution in [0.4, 0.5) is 11.4 Å². The number of amides is 1. The quantitative estimate of drug-likeness (QED) is 0.658. The number of sulfonamides is 1. The molecule has 1 atom stereocenters. The van der Waals surface area contributed by atoms with Gasteiger partial charge in [0.1, 0.15) is 6.04 Å². The molecular weight excluding hydrogens is 280 g/mol. The molecule has 1 aliphatic heterocycles. The molecule has 1 saturated heterocycles. The molecule has 1 aliphatic rings. The summed E-state index contributed by atoms with van der Waals surface area (Å²) in [5.41, 5.74) is 6.86. The summed E-state index contributed by atoms with van der Waals surface area (Å²) >= 11 is 0. The van der Waals surface area contributed by atoms with Crippen LogP contribution >= 0.6 is 0 Å². The number of benzene rings is 1. The van der Waals surface area contributed by atoms with Crippen molar-refractivity contribution in [2.45, 2.75) is 24.3 Å². The van der Waals surface area contributed by atoms with Gasteiger partial charge >= 0.3 is 0 Å². The summed E-state index contributed by atoms with van der Waals surface area (Å²) in [7, 11) is -3.80. The summed E-state index contributed by atoms with van der Waals surface area (Å²) in [4.78, 5) is 13.7. The monoisotopic (exact) mass is 298 g/mol. The van der Waals surface area contributed by atoms with Gasteiger partial charge in [0.15, 0.2) is 0 Å². The molecule has 5 N–H and O–H groups in total. The Morgan fingerprint density at radius 1 is 1.45 bits per heavy atom. The van der Waals surface area contributed by atoms with Crippen molar-refractivity contribution in [3.05, 3.63) is 18.2 Å². The second-order valence-corrected chi connectivity index (χ2v) is 6.24. The topological polar surface area (TPSA) is 119 Å². The van der Waals surface area contributed by atoms with Gasteiger partial charge in [0.05, 0.1) is 16.3 Å². The number of carbonyl (C=O) groups is 1. The first-order valence-corrected chi connectivity index (χ1v) is 7.86. The Hall–Kier alpha value is -1.80. The molecule has 0 spiro atoms. The molecule has 1 unspecified atom stereocenters. The molecule has 20 heavy (non-hydrogen) atoms. The summed E-state index contributed by atoms with van der Waals surface area (Å²) in [6, 6.07) is 3.92. The maximum atomic E-state index is 11.9. The largest absolute Gasteiger partial charge is 0.397 e. The zero-order valence-corrected chi connectivity index (χ0v) is 12.0. The van der Waals surface area contributed by atoms with Crippen LogP contribution < -0.4 is 21.1 Å². The maximum Gasteiger partial charge on any atom is 0.242 e. The van der Waals surface area contributed by atoms with E-state index in [4.69, 9.17) is 10.9 Å². The second kappa shape index (κ2) is 5.29. The van der Waals surface area contributed by atoms with E-state index in [1.54, 1.807) is 0 Å². The Morgan fingerprint density at radius 2 is 2.15 bits per heavy atom. The van der Waals surface area contributed by atoms with Gasteiger partial charge in [-0.15, -0.1) is 0 Å². The highest BCUT2D eigenvalue weighted by molar-refractivity contribution is 7.89. The van der Waals surface area contributed by atoms with Gasteiger partial charge in [0.25, 0.3) is 0 Å². The summed E-state index contributed by atoms with van der Waals surface area (Å²) in [5.74, 6) is -0.0841. The lowest BCUT2D eigenvalue weighted by Crippen LogP contribution is -2.55. The van der Waals surface area contributed by atoms with Crippen LogP contribution in [-0.4, -0.2) is 33.5 Å². The minimum atomic E-state index is -3.80. The highest BCUT2D eigenvalue weighted by Gasteiger charge is 2.29. The molecule has 8 heteroatoms. The van der Waals surface area contributed by atoms with E-state index >= 15 is 0 Å². The molecule has 0 bridgehead atoms. The number of carbonyl (C=O) groups excluding carboxylic acids is 1. The lowest BCUT2D eigenvalue weighted by atomic mass is 10.1. The summed E-state index contributed by atoms with van der Waals surface area (Å²) < 4.78 is 22.9. The number of piperazine rings is 1. The van der Waals surface area contributed by atoms with E-state index in [1.165, 1.54) is 18.2 Å². The van der Waals surface area contributed by atoms with E-state index in [9.17, 15) is 13.2 Å². The van der Waals surface area contributed by atoms with Crippen LogP contribution in [0.2, 0.25) is 0 Å². The third kappa shape index (κ3) is 2.70. The van der Waals surface area contributed by atoms with E-state index < -0.39 is 10.0 Å². The van der Waals surface area contributed by atoms with E-state index in [2.05, 4.69) is 5.32 Å². The Kier molecular flexibility index (Phi) is 3.87. The number of nitrogens with zero attached hydrogens (tertiary/aromatic N) is 1. The Balaban J connectivity index is 2.48. The predicted molar refractivity (Wildman–Crippen MR) is 76.7 cm³/mol. The molecular formula is C12H18N4O3S. The van der Waals surface area contributed by atoms with Crippen LogP contribution in [0.5, 0.6) is 0 Å². The summed E-state index contributed by atoms with van der Waals surface area (Å²) in [6.45, 7) is 2.96. The van der Waals surface area contributed by atoms with Crippen LogP contribution in [0.25, 0.3) is 0 Å². The number of hydrogen-bond acceptors (Lipinski definition) is 5. The van der Waals surface area contributed by atoms with Gasteiger partial charge in [-0.1, -0.05) is 6.92 Å². The first-order chi connectivity index (χ1) is 9.34. The minimum absolute atomic E-state index is 0.0115. The Morgan fingerprint density at radius 3 is 2.75 bits per heavy atom. The van der Waals surface area contributed by atoms with Gasteiger partial charge < -0.3 is 16.0 Å². The van der Waals surface area contributed by atoms with Crippen LogP contribution in [0.15, 0.2) is 23.1 Å². The molecule has 0 aromatic heterocycles. The normalized spacial score (nSPS) is 19.8. The predicted octanol–water partition coefficient (Wildman–Crippen LogP) is -0.369. The number of primary sulfonamides is 1. The molecule has 1 heterocycles. The van der Waals surface area contributed by atoms with Crippen molar-refractivity contribution in [2.75, 3.05) is 23.7 Å². The number of hydrogen-bond donors (Lipinski definition) is 3. The van der Waals surface area contributed by atoms with E-state index in [0.29, 0.717) is 30.9 Å². The van der Waals surface area contributed by atoms with Gasteiger partial charge in [0, 0.05) is 13.1 Å². The van der Waals surface area contributed by atoms with Gasteiger partial charge in [-0.25, -0.2) is 13.6 Å². The fraction of sp³-hybridized carbons (Fsp3) is 0.417. The van der Waals surface area contributed by atoms with Crippen LogP contribution in [0, 0.1) is 0 Å². The van der Waals surface area contributed by atoms with Gasteiger partial charge in [-0.05, 0) is 24.6 Å². The molecule has 1 aromatic rings. The molecule has 2 rings (SSSR count). The van der Waals surface area contributed by atoms with Gasteiger partial charge in [0.2, 0.25) is 15.9 Å². The van der Waals surface area contributed by atoms with Crippen LogP contribution in [-0.2, 0) is 14.8 Å². The van der Waals surface area contributed by atoms with Crippen LogP contribution in [0.3, 0.4) is 0 Å². The molecule has 0 radical (unpaired) electrons. The molecule has 1 aromatic carbocycles. The molecule has 7 nitrogen and oxygen atoms in total. The first-order valence-electron chi connectivity index (χ1n) is 6.31. The number of nitrogens with two attached hydrogens (primary N) is 2. The van der Waals surface area contributed by atoms with Crippen molar-refractivity contribution < 1.29 is 13.2 Å². The van der Waals surface area contributed by atoms with Crippen molar-refractivity contribution in [1.29, 1.82) is 0 Å². The highest BCUT2D eigenvalue weighted by Crippen LogP contribution is 2.29. The highest BCUT2D eigenvalue weighted by atomic mass is 32.2. The lowest BCUT2D eigenvalue weighted by Gasteiger charge is -2.37. The third-order valence-electron chi connectivity index (χ3n) is 3.36. The number of nitrogens with one attached hydrogen (secondary N) is 1. The van der Waals surface area contributed by atoms with Gasteiger partial charge in [-0.3, -0.25) is 4.79 Å². The number of anilines is 2. The molecule has 1 fully saturated rings. The smallest absolute Gasteiger partial charge is 0.242 e. The van der Waals surface area contributed by atoms with Crippen molar-refractivity contribution in [1.82, 2.24) is 5.32 Å². The molecule has 0 aliphatic carbocycles. The minimum Gasteiger partial charge on any atom is -0.397 e. The zero-order valence-electron chi connectivity index (χ0n) is 11.2. The maximum absolute atomic E-state index is 11.9. The van der Waals surface area contributed by atoms with E-state index in [1.807, 2.05) is 11.8 Å².